The van der Waals surface area contributed by atoms with Gasteiger partial charge in [-0.1, -0.05) is 12.1 Å². The summed E-state index contributed by atoms with van der Waals surface area (Å²) in [7, 11) is 0. The van der Waals surface area contributed by atoms with Gasteiger partial charge in [0, 0.05) is 17.3 Å². The second kappa shape index (κ2) is 6.45. The molecule has 8 nitrogen and oxygen atoms in total. The number of nitro benzene ring substituents is 2. The van der Waals surface area contributed by atoms with Crippen LogP contribution in [0.5, 0.6) is 0 Å². The van der Waals surface area contributed by atoms with Crippen LogP contribution in [-0.2, 0) is 0 Å². The smallest absolute Gasteiger partial charge is 0.279 e. The summed E-state index contributed by atoms with van der Waals surface area (Å²) >= 11 is 0. The van der Waals surface area contributed by atoms with Crippen molar-refractivity contribution in [3.05, 3.63) is 72.8 Å². The maximum atomic E-state index is 12.5. The standard InChI is InChI=1S/C16H15N3O5/c1-9-4-5-10(2)14(6-9)17-16(20)13-7-12(18(21)22)8-15(11(13)3)19(23)24/h4-8H,1-3H3,(H,17,20). The van der Waals surface area contributed by atoms with Crippen LogP contribution in [0.15, 0.2) is 30.3 Å². The molecule has 1 amide bonds. The molecular weight excluding hydrogens is 314 g/mol. The van der Waals surface area contributed by atoms with Crippen LogP contribution in [0.4, 0.5) is 17.1 Å². The van der Waals surface area contributed by atoms with Crippen LogP contribution in [0.3, 0.4) is 0 Å². The summed E-state index contributed by atoms with van der Waals surface area (Å²) in [6.07, 6.45) is 0. The van der Waals surface area contributed by atoms with E-state index in [1.807, 2.05) is 19.1 Å². The van der Waals surface area contributed by atoms with Gasteiger partial charge in [-0.3, -0.25) is 25.0 Å². The number of rotatable bonds is 4. The molecule has 0 bridgehead atoms. The van der Waals surface area contributed by atoms with Gasteiger partial charge in [-0.25, -0.2) is 0 Å². The fourth-order valence-corrected chi connectivity index (χ4v) is 2.28. The first kappa shape index (κ1) is 17.1. The van der Waals surface area contributed by atoms with E-state index in [0.717, 1.165) is 23.3 Å². The molecule has 0 spiro atoms. The lowest BCUT2D eigenvalue weighted by Gasteiger charge is -2.11. The lowest BCUT2D eigenvalue weighted by molar-refractivity contribution is -0.394. The number of nitrogens with one attached hydrogen (secondary N) is 1. The molecule has 2 aromatic carbocycles. The van der Waals surface area contributed by atoms with Crippen molar-refractivity contribution in [3.8, 4) is 0 Å². The number of carbonyl (C=O) groups excluding carboxylic acids is 1. The minimum absolute atomic E-state index is 0.0772. The summed E-state index contributed by atoms with van der Waals surface area (Å²) in [6, 6.07) is 7.36. The van der Waals surface area contributed by atoms with Gasteiger partial charge >= 0.3 is 0 Å². The Labute approximate surface area is 137 Å². The number of aryl methyl sites for hydroxylation is 2. The van der Waals surface area contributed by atoms with E-state index >= 15 is 0 Å². The van der Waals surface area contributed by atoms with Crippen molar-refractivity contribution in [2.24, 2.45) is 0 Å². The van der Waals surface area contributed by atoms with E-state index in [1.165, 1.54) is 6.92 Å². The molecule has 0 radical (unpaired) electrons. The van der Waals surface area contributed by atoms with Crippen molar-refractivity contribution in [2.45, 2.75) is 20.8 Å². The molecule has 1 N–H and O–H groups in total. The molecule has 0 aromatic heterocycles. The number of nitro groups is 2. The summed E-state index contributed by atoms with van der Waals surface area (Å²) in [6.45, 7) is 5.05. The first-order valence-corrected chi connectivity index (χ1v) is 7.02. The first-order chi connectivity index (χ1) is 11.2. The molecule has 24 heavy (non-hydrogen) atoms. The van der Waals surface area contributed by atoms with E-state index in [1.54, 1.807) is 13.0 Å². The van der Waals surface area contributed by atoms with Crippen LogP contribution in [0.2, 0.25) is 0 Å². The molecule has 0 unspecified atom stereocenters. The number of amides is 1. The number of hydrogen-bond donors (Lipinski definition) is 1. The minimum atomic E-state index is -0.763. The van der Waals surface area contributed by atoms with Crippen molar-refractivity contribution in [3.63, 3.8) is 0 Å². The Morgan fingerprint density at radius 1 is 1.00 bits per heavy atom. The van der Waals surface area contributed by atoms with E-state index in [-0.39, 0.29) is 11.1 Å². The van der Waals surface area contributed by atoms with Gasteiger partial charge in [0.1, 0.15) is 0 Å². The van der Waals surface area contributed by atoms with Crippen molar-refractivity contribution in [2.75, 3.05) is 5.32 Å². The highest BCUT2D eigenvalue weighted by atomic mass is 16.6. The lowest BCUT2D eigenvalue weighted by atomic mass is 10.0. The highest BCUT2D eigenvalue weighted by Gasteiger charge is 2.24. The second-order valence-electron chi connectivity index (χ2n) is 5.42. The van der Waals surface area contributed by atoms with Crippen molar-refractivity contribution in [1.82, 2.24) is 0 Å². The van der Waals surface area contributed by atoms with Gasteiger partial charge in [0.05, 0.1) is 21.5 Å². The summed E-state index contributed by atoms with van der Waals surface area (Å²) < 4.78 is 0. The summed E-state index contributed by atoms with van der Waals surface area (Å²) in [5, 5.41) is 24.7. The van der Waals surface area contributed by atoms with Crippen LogP contribution < -0.4 is 5.32 Å². The Morgan fingerprint density at radius 3 is 2.25 bits per heavy atom. The highest BCUT2D eigenvalue weighted by molar-refractivity contribution is 6.06. The summed E-state index contributed by atoms with van der Waals surface area (Å²) in [5.41, 5.74) is 1.30. The SMILES string of the molecule is Cc1ccc(C)c(NC(=O)c2cc([N+](=O)[O-])cc([N+](=O)[O-])c2C)c1. The normalized spacial score (nSPS) is 10.3. The van der Waals surface area contributed by atoms with Gasteiger partial charge in [0.15, 0.2) is 0 Å². The summed E-state index contributed by atoms with van der Waals surface area (Å²) in [4.78, 5) is 33.0. The van der Waals surface area contributed by atoms with E-state index in [0.29, 0.717) is 5.69 Å². The van der Waals surface area contributed by atoms with Crippen LogP contribution in [0.25, 0.3) is 0 Å². The molecule has 0 fully saturated rings. The average molecular weight is 329 g/mol. The largest absolute Gasteiger partial charge is 0.322 e. The Balaban J connectivity index is 2.50. The third-order valence-corrected chi connectivity index (χ3v) is 3.66. The second-order valence-corrected chi connectivity index (χ2v) is 5.42. The molecule has 0 saturated carbocycles. The van der Waals surface area contributed by atoms with E-state index in [9.17, 15) is 25.0 Å². The number of non-ortho nitro benzene ring substituents is 1. The fraction of sp³-hybridized carbons (Fsp3) is 0.188. The third-order valence-electron chi connectivity index (χ3n) is 3.66. The zero-order chi connectivity index (χ0) is 18.0. The molecule has 2 rings (SSSR count). The van der Waals surface area contributed by atoms with E-state index in [2.05, 4.69) is 5.32 Å². The maximum absolute atomic E-state index is 12.5. The van der Waals surface area contributed by atoms with Gasteiger partial charge in [0.2, 0.25) is 0 Å². The molecule has 0 aliphatic carbocycles. The molecule has 0 saturated heterocycles. The van der Waals surface area contributed by atoms with Crippen LogP contribution in [0.1, 0.15) is 27.0 Å². The first-order valence-electron chi connectivity index (χ1n) is 7.02. The zero-order valence-electron chi connectivity index (χ0n) is 13.3. The molecule has 2 aromatic rings. The number of carbonyl (C=O) groups is 1. The van der Waals surface area contributed by atoms with E-state index < -0.39 is 27.1 Å². The Kier molecular flexibility index (Phi) is 4.59. The van der Waals surface area contributed by atoms with Crippen molar-refractivity contribution >= 4 is 23.0 Å². The van der Waals surface area contributed by atoms with E-state index in [4.69, 9.17) is 0 Å². The van der Waals surface area contributed by atoms with Gasteiger partial charge in [-0.2, -0.15) is 0 Å². The lowest BCUT2D eigenvalue weighted by Crippen LogP contribution is -2.15. The monoisotopic (exact) mass is 329 g/mol. The maximum Gasteiger partial charge on any atom is 0.279 e. The van der Waals surface area contributed by atoms with Crippen molar-refractivity contribution < 1.29 is 14.6 Å². The van der Waals surface area contributed by atoms with Gasteiger partial charge in [0.25, 0.3) is 17.3 Å². The van der Waals surface area contributed by atoms with Crippen LogP contribution >= 0.6 is 0 Å². The molecule has 124 valence electrons. The van der Waals surface area contributed by atoms with Crippen LogP contribution in [-0.4, -0.2) is 15.8 Å². The Hall–Kier alpha value is -3.29. The molecular formula is C16H15N3O5. The minimum Gasteiger partial charge on any atom is -0.322 e. The fourth-order valence-electron chi connectivity index (χ4n) is 2.28. The average Bonchev–Trinajstić information content (AvgIpc) is 2.50. The molecule has 0 aliphatic rings. The number of anilines is 1. The number of benzene rings is 2. The number of hydrogen-bond acceptors (Lipinski definition) is 5. The number of nitrogens with zero attached hydrogens (tertiary/aromatic N) is 2. The van der Waals surface area contributed by atoms with Gasteiger partial charge < -0.3 is 5.32 Å². The van der Waals surface area contributed by atoms with Gasteiger partial charge in [-0.05, 0) is 38.0 Å². The molecule has 0 heterocycles. The van der Waals surface area contributed by atoms with Crippen LogP contribution in [0, 0.1) is 41.0 Å². The summed E-state index contributed by atoms with van der Waals surface area (Å²) in [5.74, 6) is -0.631. The zero-order valence-corrected chi connectivity index (χ0v) is 13.3. The molecule has 0 atom stereocenters. The highest BCUT2D eigenvalue weighted by Crippen LogP contribution is 2.29. The topological polar surface area (TPSA) is 115 Å². The van der Waals surface area contributed by atoms with Crippen molar-refractivity contribution in [1.29, 1.82) is 0 Å². The molecule has 8 heteroatoms. The predicted molar refractivity (Wildman–Crippen MR) is 88.4 cm³/mol. The Morgan fingerprint density at radius 2 is 1.67 bits per heavy atom. The quantitative estimate of drug-likeness (QED) is 0.678. The molecule has 0 aliphatic heterocycles. The van der Waals surface area contributed by atoms with Gasteiger partial charge in [-0.15, -0.1) is 0 Å². The third kappa shape index (κ3) is 3.37. The Bertz CT molecular complexity index is 861. The predicted octanol–water partition coefficient (Wildman–Crippen LogP) is 3.68.